The van der Waals surface area contributed by atoms with Crippen molar-refractivity contribution in [1.29, 1.82) is 0 Å². The molecule has 1 aliphatic carbocycles. The van der Waals surface area contributed by atoms with Gasteiger partial charge >= 0.3 is 5.97 Å². The Morgan fingerprint density at radius 1 is 1.27 bits per heavy atom. The lowest BCUT2D eigenvalue weighted by molar-refractivity contribution is -0.115. The van der Waals surface area contributed by atoms with Crippen molar-refractivity contribution >= 4 is 63.9 Å². The van der Waals surface area contributed by atoms with Gasteiger partial charge in [-0.15, -0.1) is 11.6 Å². The molecule has 0 amide bonds. The maximum Gasteiger partial charge on any atom is 0.365 e. The van der Waals surface area contributed by atoms with Gasteiger partial charge < -0.3 is 4.84 Å². The summed E-state index contributed by atoms with van der Waals surface area (Å²) in [5.74, 6) is -1.41. The van der Waals surface area contributed by atoms with E-state index in [0.717, 1.165) is 0 Å². The molecule has 116 valence electrons. The van der Waals surface area contributed by atoms with Crippen LogP contribution in [0.5, 0.6) is 0 Å². The van der Waals surface area contributed by atoms with Gasteiger partial charge in [0.2, 0.25) is 10.1 Å². The van der Waals surface area contributed by atoms with E-state index in [0.29, 0.717) is 5.56 Å². The van der Waals surface area contributed by atoms with Crippen LogP contribution in [-0.2, 0) is 9.63 Å². The van der Waals surface area contributed by atoms with Gasteiger partial charge in [-0.1, -0.05) is 58.2 Å². The van der Waals surface area contributed by atoms with Crippen molar-refractivity contribution in [1.82, 2.24) is 0 Å². The molecule has 0 saturated heterocycles. The second-order valence-electron chi connectivity index (χ2n) is 4.47. The number of hydrogen-bond acceptors (Lipinski definition) is 4. The lowest BCUT2D eigenvalue weighted by atomic mass is 9.96. The maximum atomic E-state index is 11.9. The Kier molecular flexibility index (Phi) is 5.17. The van der Waals surface area contributed by atoms with Gasteiger partial charge in [-0.05, 0) is 24.6 Å². The minimum atomic E-state index is -1.98. The second-order valence-corrected chi connectivity index (χ2v) is 6.68. The lowest BCUT2D eigenvalue weighted by Gasteiger charge is -2.29. The van der Waals surface area contributed by atoms with Gasteiger partial charge in [0, 0.05) is 0 Å². The molecule has 0 spiro atoms. The highest BCUT2D eigenvalue weighted by molar-refractivity contribution is 6.70. The minimum absolute atomic E-state index is 0.0283. The zero-order valence-corrected chi connectivity index (χ0v) is 14.2. The molecule has 1 atom stereocenters. The predicted molar refractivity (Wildman–Crippen MR) is 86.9 cm³/mol. The number of Topliss-reactive ketones (excluding diaryl/α,β-unsaturated/α-hetero) is 1. The van der Waals surface area contributed by atoms with Gasteiger partial charge in [0.15, 0.2) is 0 Å². The van der Waals surface area contributed by atoms with Crippen LogP contribution in [0.2, 0.25) is 0 Å². The fourth-order valence-electron chi connectivity index (χ4n) is 1.74. The molecule has 0 saturated carbocycles. The zero-order chi connectivity index (χ0) is 16.5. The van der Waals surface area contributed by atoms with E-state index in [4.69, 9.17) is 51.2 Å². The first-order chi connectivity index (χ1) is 10.3. The summed E-state index contributed by atoms with van der Waals surface area (Å²) in [6.07, 6.45) is 0. The third kappa shape index (κ3) is 3.15. The number of nitrogens with zero attached hydrogens (tertiary/aromatic N) is 1. The second kappa shape index (κ2) is 6.59. The first-order valence-electron chi connectivity index (χ1n) is 6.04. The molecule has 2 rings (SSSR count). The topological polar surface area (TPSA) is 55.7 Å². The first kappa shape index (κ1) is 17.3. The van der Waals surface area contributed by atoms with E-state index in [2.05, 4.69) is 5.16 Å². The molecule has 0 radical (unpaired) electrons. The van der Waals surface area contributed by atoms with E-state index >= 15 is 0 Å². The number of hydrogen-bond donors (Lipinski definition) is 0. The Morgan fingerprint density at radius 2 is 1.86 bits per heavy atom. The molecule has 0 N–H and O–H groups in total. The van der Waals surface area contributed by atoms with Crippen molar-refractivity contribution in [2.24, 2.45) is 5.16 Å². The van der Waals surface area contributed by atoms with E-state index in [1.165, 1.54) is 6.92 Å². The summed E-state index contributed by atoms with van der Waals surface area (Å²) in [6, 6.07) is 8.24. The summed E-state index contributed by atoms with van der Waals surface area (Å²) in [5, 5.41) is 2.28. The minimum Gasteiger partial charge on any atom is -0.312 e. The van der Waals surface area contributed by atoms with Crippen LogP contribution in [0.15, 0.2) is 46.1 Å². The summed E-state index contributed by atoms with van der Waals surface area (Å²) in [6.45, 7) is 1.51. The highest BCUT2D eigenvalue weighted by atomic mass is 35.5. The Balaban J connectivity index is 2.31. The summed E-state index contributed by atoms with van der Waals surface area (Å²) >= 11 is 23.7. The Morgan fingerprint density at radius 3 is 2.45 bits per heavy atom. The molecule has 0 bridgehead atoms. The van der Waals surface area contributed by atoms with E-state index in [1.54, 1.807) is 30.3 Å². The highest BCUT2D eigenvalue weighted by Crippen LogP contribution is 2.41. The third-order valence-electron chi connectivity index (χ3n) is 3.01. The third-order valence-corrected chi connectivity index (χ3v) is 5.00. The average Bonchev–Trinajstić information content (AvgIpc) is 2.52. The quantitative estimate of drug-likeness (QED) is 0.441. The monoisotopic (exact) mass is 379 g/mol. The number of allylic oxidation sites excluding steroid dienone is 2. The Bertz CT molecular complexity index is 683. The summed E-state index contributed by atoms with van der Waals surface area (Å²) < 4.78 is -1.98. The molecule has 1 aromatic carbocycles. The van der Waals surface area contributed by atoms with Gasteiger partial charge in [-0.3, -0.25) is 4.79 Å². The number of oxime groups is 1. The van der Waals surface area contributed by atoms with Crippen LogP contribution in [0.4, 0.5) is 0 Å². The fourth-order valence-corrected chi connectivity index (χ4v) is 2.78. The standard InChI is InChI=1S/C14H9Cl4NO3/c1-7-9(15)12(20)14(17,18)11(16)10(7)19-22-13(21)8-5-3-2-4-6-8/h2-6,11H,1H3/b19-10-. The molecular formula is C14H9Cl4NO3. The SMILES string of the molecule is CC1=C(Cl)C(=O)C(Cl)(Cl)C(Cl)/C1=N\OC(=O)c1ccccc1. The Hall–Kier alpha value is -1.07. The van der Waals surface area contributed by atoms with E-state index in [-0.39, 0.29) is 16.3 Å². The van der Waals surface area contributed by atoms with E-state index < -0.39 is 21.5 Å². The normalized spacial score (nSPS) is 22.9. The van der Waals surface area contributed by atoms with Crippen LogP contribution in [0, 0.1) is 0 Å². The van der Waals surface area contributed by atoms with Crippen molar-refractivity contribution in [3.63, 3.8) is 0 Å². The summed E-state index contributed by atoms with van der Waals surface area (Å²) in [5.41, 5.74) is 0.589. The van der Waals surface area contributed by atoms with Crippen LogP contribution < -0.4 is 0 Å². The van der Waals surface area contributed by atoms with Crippen LogP contribution in [0.25, 0.3) is 0 Å². The average molecular weight is 381 g/mol. The van der Waals surface area contributed by atoms with Crippen molar-refractivity contribution < 1.29 is 14.4 Å². The lowest BCUT2D eigenvalue weighted by Crippen LogP contribution is -2.46. The summed E-state index contributed by atoms with van der Waals surface area (Å²) in [7, 11) is 0. The molecule has 1 unspecified atom stereocenters. The number of rotatable bonds is 2. The van der Waals surface area contributed by atoms with Crippen LogP contribution in [0.3, 0.4) is 0 Å². The zero-order valence-electron chi connectivity index (χ0n) is 11.1. The van der Waals surface area contributed by atoms with E-state index in [9.17, 15) is 9.59 Å². The van der Waals surface area contributed by atoms with Crippen LogP contribution in [-0.4, -0.2) is 27.2 Å². The smallest absolute Gasteiger partial charge is 0.312 e. The molecule has 1 aromatic rings. The molecule has 0 fully saturated rings. The van der Waals surface area contributed by atoms with Gasteiger partial charge in [0.25, 0.3) is 0 Å². The number of halogens is 4. The summed E-state index contributed by atoms with van der Waals surface area (Å²) in [4.78, 5) is 28.6. The number of carbonyl (C=O) groups is 2. The van der Waals surface area contributed by atoms with Crippen LogP contribution in [0.1, 0.15) is 17.3 Å². The largest absolute Gasteiger partial charge is 0.365 e. The fraction of sp³-hybridized carbons (Fsp3) is 0.214. The molecule has 1 aliphatic rings. The van der Waals surface area contributed by atoms with Gasteiger partial charge in [0.1, 0.15) is 11.1 Å². The van der Waals surface area contributed by atoms with Crippen molar-refractivity contribution in [3.8, 4) is 0 Å². The van der Waals surface area contributed by atoms with Crippen LogP contribution >= 0.6 is 46.4 Å². The predicted octanol–water partition coefficient (Wildman–Crippen LogP) is 4.08. The molecule has 0 heterocycles. The van der Waals surface area contributed by atoms with Crippen molar-refractivity contribution in [2.75, 3.05) is 0 Å². The molecule has 22 heavy (non-hydrogen) atoms. The molecule has 0 aromatic heterocycles. The molecule has 8 heteroatoms. The van der Waals surface area contributed by atoms with Crippen molar-refractivity contribution in [2.45, 2.75) is 16.6 Å². The maximum absolute atomic E-state index is 11.9. The van der Waals surface area contributed by atoms with E-state index in [1.807, 2.05) is 0 Å². The number of benzene rings is 1. The molecular weight excluding hydrogens is 372 g/mol. The number of ketones is 1. The highest BCUT2D eigenvalue weighted by Gasteiger charge is 2.50. The number of carbonyl (C=O) groups excluding carboxylic acids is 2. The first-order valence-corrected chi connectivity index (χ1v) is 7.61. The number of alkyl halides is 3. The molecule has 0 aliphatic heterocycles. The van der Waals surface area contributed by atoms with Gasteiger partial charge in [-0.2, -0.15) is 0 Å². The molecule has 4 nitrogen and oxygen atoms in total. The Labute approximate surface area is 146 Å². The van der Waals surface area contributed by atoms with Gasteiger partial charge in [-0.25, -0.2) is 4.79 Å². The van der Waals surface area contributed by atoms with Gasteiger partial charge in [0.05, 0.1) is 10.6 Å². The van der Waals surface area contributed by atoms with Crippen molar-refractivity contribution in [3.05, 3.63) is 46.5 Å².